The summed E-state index contributed by atoms with van der Waals surface area (Å²) in [5.74, 6) is 0.569. The SMILES string of the molecule is CCC(C)C(=O)C1CCC2(CC1)OCCO2. The van der Waals surface area contributed by atoms with Crippen LogP contribution in [0.15, 0.2) is 0 Å². The van der Waals surface area contributed by atoms with Crippen LogP contribution in [0, 0.1) is 11.8 Å². The lowest BCUT2D eigenvalue weighted by Crippen LogP contribution is -2.38. The largest absolute Gasteiger partial charge is 0.348 e. The molecule has 1 aliphatic carbocycles. The maximum Gasteiger partial charge on any atom is 0.168 e. The van der Waals surface area contributed by atoms with Crippen LogP contribution in [-0.4, -0.2) is 24.8 Å². The molecule has 1 heterocycles. The molecule has 2 aliphatic rings. The lowest BCUT2D eigenvalue weighted by Gasteiger charge is -2.35. The lowest BCUT2D eigenvalue weighted by molar-refractivity contribution is -0.183. The van der Waals surface area contributed by atoms with E-state index in [9.17, 15) is 4.79 Å². The van der Waals surface area contributed by atoms with Crippen molar-refractivity contribution >= 4 is 5.78 Å². The van der Waals surface area contributed by atoms with E-state index in [2.05, 4.69) is 6.92 Å². The molecule has 0 radical (unpaired) electrons. The van der Waals surface area contributed by atoms with Gasteiger partial charge in [0.25, 0.3) is 0 Å². The van der Waals surface area contributed by atoms with Crippen molar-refractivity contribution in [1.29, 1.82) is 0 Å². The summed E-state index contributed by atoms with van der Waals surface area (Å²) >= 11 is 0. The average molecular weight is 226 g/mol. The number of ether oxygens (including phenoxy) is 2. The fraction of sp³-hybridized carbons (Fsp3) is 0.923. The molecule has 1 saturated heterocycles. The van der Waals surface area contributed by atoms with Crippen molar-refractivity contribution < 1.29 is 14.3 Å². The van der Waals surface area contributed by atoms with Gasteiger partial charge in [-0.2, -0.15) is 0 Å². The summed E-state index contributed by atoms with van der Waals surface area (Å²) in [6, 6.07) is 0. The third-order valence-electron chi connectivity index (χ3n) is 4.06. The lowest BCUT2D eigenvalue weighted by atomic mass is 9.79. The van der Waals surface area contributed by atoms with Gasteiger partial charge in [0.05, 0.1) is 13.2 Å². The fourth-order valence-corrected chi connectivity index (χ4v) is 2.73. The summed E-state index contributed by atoms with van der Waals surface area (Å²) in [7, 11) is 0. The molecule has 1 unspecified atom stereocenters. The number of hydrogen-bond acceptors (Lipinski definition) is 3. The Bertz CT molecular complexity index is 246. The molecular formula is C13H22O3. The van der Waals surface area contributed by atoms with Crippen LogP contribution in [0.2, 0.25) is 0 Å². The highest BCUT2D eigenvalue weighted by atomic mass is 16.7. The number of carbonyl (C=O) groups excluding carboxylic acids is 1. The minimum atomic E-state index is -0.327. The maximum atomic E-state index is 12.1. The third-order valence-corrected chi connectivity index (χ3v) is 4.06. The first-order valence-corrected chi connectivity index (χ1v) is 6.48. The average Bonchev–Trinajstić information content (AvgIpc) is 2.77. The molecule has 1 spiro atoms. The predicted molar refractivity (Wildman–Crippen MR) is 61.1 cm³/mol. The zero-order valence-electron chi connectivity index (χ0n) is 10.3. The smallest absolute Gasteiger partial charge is 0.168 e. The van der Waals surface area contributed by atoms with E-state index in [1.165, 1.54) is 0 Å². The van der Waals surface area contributed by atoms with Crippen LogP contribution in [-0.2, 0) is 14.3 Å². The van der Waals surface area contributed by atoms with Crippen molar-refractivity contribution in [3.05, 3.63) is 0 Å². The van der Waals surface area contributed by atoms with Gasteiger partial charge in [-0.1, -0.05) is 13.8 Å². The van der Waals surface area contributed by atoms with Gasteiger partial charge in [-0.05, 0) is 19.3 Å². The molecule has 0 amide bonds. The Morgan fingerprint density at radius 2 is 1.88 bits per heavy atom. The van der Waals surface area contributed by atoms with Crippen LogP contribution in [0.5, 0.6) is 0 Å². The second-order valence-corrected chi connectivity index (χ2v) is 5.09. The Morgan fingerprint density at radius 1 is 1.31 bits per heavy atom. The summed E-state index contributed by atoms with van der Waals surface area (Å²) < 4.78 is 11.3. The predicted octanol–water partition coefficient (Wildman–Crippen LogP) is 2.53. The molecule has 2 rings (SSSR count). The molecule has 1 saturated carbocycles. The van der Waals surface area contributed by atoms with E-state index in [1.807, 2.05) is 6.92 Å². The standard InChI is InChI=1S/C13H22O3/c1-3-10(2)12(14)11-4-6-13(7-5-11)15-8-9-16-13/h10-11H,3-9H2,1-2H3. The second kappa shape index (κ2) is 4.84. The first-order chi connectivity index (χ1) is 7.67. The Hall–Kier alpha value is -0.410. The van der Waals surface area contributed by atoms with Crippen molar-refractivity contribution in [2.24, 2.45) is 11.8 Å². The number of ketones is 1. The van der Waals surface area contributed by atoms with E-state index in [4.69, 9.17) is 9.47 Å². The molecule has 0 aromatic heterocycles. The van der Waals surface area contributed by atoms with Crippen molar-refractivity contribution in [1.82, 2.24) is 0 Å². The van der Waals surface area contributed by atoms with E-state index in [0.717, 1.165) is 32.1 Å². The van der Waals surface area contributed by atoms with Gasteiger partial charge in [0, 0.05) is 24.7 Å². The van der Waals surface area contributed by atoms with Crippen LogP contribution in [0.1, 0.15) is 46.0 Å². The molecule has 0 aromatic rings. The molecule has 3 heteroatoms. The Morgan fingerprint density at radius 3 is 2.38 bits per heavy atom. The van der Waals surface area contributed by atoms with Gasteiger partial charge < -0.3 is 9.47 Å². The first kappa shape index (κ1) is 12.1. The van der Waals surface area contributed by atoms with Crippen LogP contribution in [0.4, 0.5) is 0 Å². The highest BCUT2D eigenvalue weighted by Gasteiger charge is 2.42. The molecule has 0 bridgehead atoms. The minimum absolute atomic E-state index is 0.212. The topological polar surface area (TPSA) is 35.5 Å². The van der Waals surface area contributed by atoms with E-state index in [1.54, 1.807) is 0 Å². The summed E-state index contributed by atoms with van der Waals surface area (Å²) in [6.45, 7) is 5.54. The Kier molecular flexibility index (Phi) is 3.65. The van der Waals surface area contributed by atoms with Gasteiger partial charge in [0.2, 0.25) is 0 Å². The molecule has 2 fully saturated rings. The third kappa shape index (κ3) is 2.30. The van der Waals surface area contributed by atoms with Gasteiger partial charge in [-0.25, -0.2) is 0 Å². The van der Waals surface area contributed by atoms with Gasteiger partial charge in [-0.3, -0.25) is 4.79 Å². The highest BCUT2D eigenvalue weighted by molar-refractivity contribution is 5.83. The molecule has 0 aromatic carbocycles. The van der Waals surface area contributed by atoms with Crippen molar-refractivity contribution in [2.45, 2.75) is 51.7 Å². The normalized spacial score (nSPS) is 27.1. The first-order valence-electron chi connectivity index (χ1n) is 6.48. The van der Waals surface area contributed by atoms with Crippen molar-refractivity contribution in [2.75, 3.05) is 13.2 Å². The van der Waals surface area contributed by atoms with Gasteiger partial charge >= 0.3 is 0 Å². The Balaban J connectivity index is 1.87. The molecule has 1 atom stereocenters. The maximum absolute atomic E-state index is 12.1. The number of rotatable bonds is 3. The zero-order valence-corrected chi connectivity index (χ0v) is 10.3. The van der Waals surface area contributed by atoms with Crippen molar-refractivity contribution in [3.8, 4) is 0 Å². The quantitative estimate of drug-likeness (QED) is 0.742. The second-order valence-electron chi connectivity index (χ2n) is 5.09. The zero-order chi connectivity index (χ0) is 11.6. The van der Waals surface area contributed by atoms with E-state index >= 15 is 0 Å². The van der Waals surface area contributed by atoms with E-state index in [-0.39, 0.29) is 17.6 Å². The molecule has 1 aliphatic heterocycles. The van der Waals surface area contributed by atoms with Gasteiger partial charge in [0.15, 0.2) is 5.79 Å². The van der Waals surface area contributed by atoms with E-state index < -0.39 is 0 Å². The number of carbonyl (C=O) groups is 1. The monoisotopic (exact) mass is 226 g/mol. The fourth-order valence-electron chi connectivity index (χ4n) is 2.73. The molecule has 0 N–H and O–H groups in total. The Labute approximate surface area is 97.5 Å². The minimum Gasteiger partial charge on any atom is -0.348 e. The van der Waals surface area contributed by atoms with Crippen LogP contribution in [0.3, 0.4) is 0 Å². The van der Waals surface area contributed by atoms with Crippen LogP contribution in [0.25, 0.3) is 0 Å². The summed E-state index contributed by atoms with van der Waals surface area (Å²) in [4.78, 5) is 12.1. The number of Topliss-reactive ketones (excluding diaryl/α,β-unsaturated/α-hetero) is 1. The molecule has 92 valence electrons. The molecule has 16 heavy (non-hydrogen) atoms. The number of hydrogen-bond donors (Lipinski definition) is 0. The van der Waals surface area contributed by atoms with E-state index in [0.29, 0.717) is 19.0 Å². The van der Waals surface area contributed by atoms with Crippen LogP contribution >= 0.6 is 0 Å². The molecule has 3 nitrogen and oxygen atoms in total. The highest BCUT2D eigenvalue weighted by Crippen LogP contribution is 2.39. The van der Waals surface area contributed by atoms with Crippen LogP contribution < -0.4 is 0 Å². The van der Waals surface area contributed by atoms with Gasteiger partial charge in [0.1, 0.15) is 5.78 Å². The van der Waals surface area contributed by atoms with Crippen molar-refractivity contribution in [3.63, 3.8) is 0 Å². The molecular weight excluding hydrogens is 204 g/mol. The summed E-state index contributed by atoms with van der Waals surface area (Å²) in [5.41, 5.74) is 0. The summed E-state index contributed by atoms with van der Waals surface area (Å²) in [6.07, 6.45) is 4.60. The summed E-state index contributed by atoms with van der Waals surface area (Å²) in [5, 5.41) is 0. The van der Waals surface area contributed by atoms with Gasteiger partial charge in [-0.15, -0.1) is 0 Å².